The topological polar surface area (TPSA) is 37.4 Å². The van der Waals surface area contributed by atoms with Crippen LogP contribution in [0.1, 0.15) is 16.7 Å². The van der Waals surface area contributed by atoms with Crippen LogP contribution in [0, 0.1) is 20.8 Å². The van der Waals surface area contributed by atoms with E-state index >= 15 is 0 Å². The monoisotopic (exact) mass is 349 g/mol. The lowest BCUT2D eigenvalue weighted by Crippen LogP contribution is -2.23. The van der Waals surface area contributed by atoms with Crippen LogP contribution in [0.4, 0.5) is 17.1 Å². The molecule has 0 bridgehead atoms. The molecule has 0 saturated heterocycles. The summed E-state index contributed by atoms with van der Waals surface area (Å²) in [5.41, 5.74) is 5.90. The second-order valence-corrected chi connectivity index (χ2v) is 8.41. The van der Waals surface area contributed by atoms with Crippen LogP contribution in [0.25, 0.3) is 0 Å². The van der Waals surface area contributed by atoms with Gasteiger partial charge in [0.15, 0.2) is 0 Å². The highest BCUT2D eigenvalue weighted by Gasteiger charge is 2.35. The van der Waals surface area contributed by atoms with Crippen molar-refractivity contribution >= 4 is 26.9 Å². The second kappa shape index (κ2) is 5.46. The van der Waals surface area contributed by atoms with E-state index in [9.17, 15) is 8.42 Å². The van der Waals surface area contributed by atoms with Gasteiger partial charge in [-0.15, -0.1) is 0 Å². The molecule has 0 N–H and O–H groups in total. The average Bonchev–Trinajstić information content (AvgIpc) is 2.57. The van der Waals surface area contributed by atoms with Crippen molar-refractivity contribution in [3.63, 3.8) is 0 Å². The average molecular weight is 349 g/mol. The molecule has 1 heterocycles. The molecule has 1 aliphatic heterocycles. The fourth-order valence-corrected chi connectivity index (χ4v) is 5.37. The number of hydrogen-bond acceptors (Lipinski definition) is 3. The minimum absolute atomic E-state index is 0.355. The molecule has 4 heteroatoms. The van der Waals surface area contributed by atoms with Crippen molar-refractivity contribution in [2.45, 2.75) is 30.6 Å². The third-order valence-corrected chi connectivity index (χ3v) is 6.50. The molecule has 0 saturated carbocycles. The molecule has 0 amide bonds. The Balaban J connectivity index is 2.12. The predicted octanol–water partition coefficient (Wildman–Crippen LogP) is 5.23. The second-order valence-electron chi connectivity index (χ2n) is 6.52. The fourth-order valence-electron chi connectivity index (χ4n) is 3.75. The maximum atomic E-state index is 13.1. The van der Waals surface area contributed by atoms with Gasteiger partial charge in [-0.25, -0.2) is 8.42 Å². The summed E-state index contributed by atoms with van der Waals surface area (Å²) < 4.78 is 26.1. The van der Waals surface area contributed by atoms with Crippen LogP contribution in [-0.2, 0) is 9.84 Å². The van der Waals surface area contributed by atoms with Crippen molar-refractivity contribution in [1.82, 2.24) is 0 Å². The number of nitrogens with zero attached hydrogens (tertiary/aromatic N) is 1. The van der Waals surface area contributed by atoms with Crippen molar-refractivity contribution in [2.75, 3.05) is 4.90 Å². The smallest absolute Gasteiger partial charge is 0.210 e. The molecule has 0 aliphatic carbocycles. The zero-order valence-electron chi connectivity index (χ0n) is 14.4. The number of fused-ring (bicyclic) bond motifs is 2. The van der Waals surface area contributed by atoms with Crippen molar-refractivity contribution in [3.8, 4) is 0 Å². The lowest BCUT2D eigenvalue weighted by molar-refractivity contribution is 0.595. The molecule has 0 spiro atoms. The van der Waals surface area contributed by atoms with Gasteiger partial charge in [0.1, 0.15) is 0 Å². The molecular formula is C21H19NO2S. The SMILES string of the molecule is Cc1cc(C)c(N2c3ccccc3S(=O)(=O)c3ccccc32)c(C)c1. The van der Waals surface area contributed by atoms with E-state index in [0.717, 1.165) is 16.8 Å². The first-order valence-electron chi connectivity index (χ1n) is 8.22. The molecule has 25 heavy (non-hydrogen) atoms. The number of benzene rings is 3. The summed E-state index contributed by atoms with van der Waals surface area (Å²) in [6, 6.07) is 18.7. The van der Waals surface area contributed by atoms with E-state index in [1.54, 1.807) is 24.3 Å². The highest BCUT2D eigenvalue weighted by Crippen LogP contribution is 2.49. The van der Waals surface area contributed by atoms with E-state index in [1.165, 1.54) is 5.56 Å². The normalized spacial score (nSPS) is 14.8. The van der Waals surface area contributed by atoms with E-state index in [2.05, 4.69) is 37.8 Å². The Morgan fingerprint density at radius 3 is 1.64 bits per heavy atom. The Hall–Kier alpha value is -2.59. The lowest BCUT2D eigenvalue weighted by atomic mass is 10.0. The Morgan fingerprint density at radius 2 is 1.16 bits per heavy atom. The summed E-state index contributed by atoms with van der Waals surface area (Å²) in [5, 5.41) is 0. The van der Waals surface area contributed by atoms with Crippen LogP contribution in [0.3, 0.4) is 0 Å². The van der Waals surface area contributed by atoms with E-state index in [0.29, 0.717) is 21.2 Å². The quantitative estimate of drug-likeness (QED) is 0.472. The van der Waals surface area contributed by atoms with Gasteiger partial charge in [0.2, 0.25) is 9.84 Å². The Labute approximate surface area is 148 Å². The van der Waals surface area contributed by atoms with E-state index in [1.807, 2.05) is 24.3 Å². The maximum absolute atomic E-state index is 13.1. The summed E-state index contributed by atoms with van der Waals surface area (Å²) in [4.78, 5) is 2.79. The van der Waals surface area contributed by atoms with E-state index < -0.39 is 9.84 Å². The summed E-state index contributed by atoms with van der Waals surface area (Å²) in [7, 11) is -3.52. The van der Waals surface area contributed by atoms with Gasteiger partial charge in [0.05, 0.1) is 26.9 Å². The third kappa shape index (κ3) is 2.29. The number of para-hydroxylation sites is 2. The first-order chi connectivity index (χ1) is 11.9. The summed E-state index contributed by atoms with van der Waals surface area (Å²) in [5.74, 6) is 0. The molecule has 126 valence electrons. The number of anilines is 3. The number of aryl methyl sites for hydroxylation is 3. The standard InChI is InChI=1S/C21H19NO2S/c1-14-12-15(2)21(16(3)13-14)22-17-8-4-6-10-19(17)25(23,24)20-11-7-5-9-18(20)22/h4-13H,1-3H3. The highest BCUT2D eigenvalue weighted by atomic mass is 32.2. The van der Waals surface area contributed by atoms with Crippen molar-refractivity contribution < 1.29 is 8.42 Å². The minimum atomic E-state index is -3.52. The van der Waals surface area contributed by atoms with Gasteiger partial charge in [-0.05, 0) is 56.2 Å². The van der Waals surface area contributed by atoms with Crippen molar-refractivity contribution in [1.29, 1.82) is 0 Å². The molecule has 3 aromatic carbocycles. The Kier molecular flexibility index (Phi) is 3.48. The van der Waals surface area contributed by atoms with Gasteiger partial charge < -0.3 is 4.90 Å². The molecule has 0 fully saturated rings. The van der Waals surface area contributed by atoms with Crippen LogP contribution < -0.4 is 4.90 Å². The van der Waals surface area contributed by atoms with Crippen molar-refractivity contribution in [2.24, 2.45) is 0 Å². The Morgan fingerprint density at radius 1 is 0.720 bits per heavy atom. The van der Waals surface area contributed by atoms with Gasteiger partial charge in [-0.2, -0.15) is 0 Å². The predicted molar refractivity (Wildman–Crippen MR) is 101 cm³/mol. The van der Waals surface area contributed by atoms with Gasteiger partial charge >= 0.3 is 0 Å². The highest BCUT2D eigenvalue weighted by molar-refractivity contribution is 7.92. The molecule has 0 radical (unpaired) electrons. The number of hydrogen-bond donors (Lipinski definition) is 0. The largest absolute Gasteiger partial charge is 0.307 e. The van der Waals surface area contributed by atoms with Crippen molar-refractivity contribution in [3.05, 3.63) is 77.4 Å². The number of sulfone groups is 1. The zero-order chi connectivity index (χ0) is 17.8. The van der Waals surface area contributed by atoms with Gasteiger partial charge in [0, 0.05) is 0 Å². The maximum Gasteiger partial charge on any atom is 0.210 e. The van der Waals surface area contributed by atoms with Crippen LogP contribution in [0.2, 0.25) is 0 Å². The van der Waals surface area contributed by atoms with Gasteiger partial charge in [-0.1, -0.05) is 42.0 Å². The van der Waals surface area contributed by atoms with Crippen LogP contribution in [-0.4, -0.2) is 8.42 Å². The lowest BCUT2D eigenvalue weighted by Gasteiger charge is -2.35. The first kappa shape index (κ1) is 15.9. The third-order valence-electron chi connectivity index (χ3n) is 4.65. The van der Waals surface area contributed by atoms with Crippen LogP contribution in [0.5, 0.6) is 0 Å². The molecular weight excluding hydrogens is 330 g/mol. The summed E-state index contributed by atoms with van der Waals surface area (Å²) in [6.45, 7) is 6.22. The Bertz CT molecular complexity index is 1020. The van der Waals surface area contributed by atoms with E-state index in [-0.39, 0.29) is 0 Å². The fraction of sp³-hybridized carbons (Fsp3) is 0.143. The molecule has 4 rings (SSSR count). The molecule has 3 nitrogen and oxygen atoms in total. The number of rotatable bonds is 1. The van der Waals surface area contributed by atoms with E-state index in [4.69, 9.17) is 0 Å². The minimum Gasteiger partial charge on any atom is -0.307 e. The molecule has 0 atom stereocenters. The molecule has 0 aromatic heterocycles. The molecule has 3 aromatic rings. The van der Waals surface area contributed by atoms with Crippen LogP contribution in [0.15, 0.2) is 70.5 Å². The zero-order valence-corrected chi connectivity index (χ0v) is 15.3. The van der Waals surface area contributed by atoms with Gasteiger partial charge in [0.25, 0.3) is 0 Å². The summed E-state index contributed by atoms with van der Waals surface area (Å²) in [6.07, 6.45) is 0. The molecule has 0 unspecified atom stereocenters. The summed E-state index contributed by atoms with van der Waals surface area (Å²) >= 11 is 0. The van der Waals surface area contributed by atoms with Crippen LogP contribution >= 0.6 is 0 Å². The molecule has 1 aliphatic rings. The van der Waals surface area contributed by atoms with Gasteiger partial charge in [-0.3, -0.25) is 0 Å². The first-order valence-corrected chi connectivity index (χ1v) is 9.70.